The number of rotatable bonds is 5. The molecule has 1 aromatic heterocycles. The Hall–Kier alpha value is -1.68. The molecule has 18 heavy (non-hydrogen) atoms. The minimum absolute atomic E-state index is 0.237. The molecular weight excluding hydrogens is 244 g/mol. The van der Waals surface area contributed by atoms with E-state index in [1.165, 1.54) is 0 Å². The van der Waals surface area contributed by atoms with E-state index in [0.717, 1.165) is 28.4 Å². The summed E-state index contributed by atoms with van der Waals surface area (Å²) < 4.78 is 0. The molecule has 0 aliphatic rings. The van der Waals surface area contributed by atoms with E-state index < -0.39 is 0 Å². The number of Topliss-reactive ketones (excluding diaryl/α,β-unsaturated/α-hetero) is 1. The third kappa shape index (κ3) is 3.67. The third-order valence-electron chi connectivity index (χ3n) is 2.69. The van der Waals surface area contributed by atoms with E-state index in [-0.39, 0.29) is 5.78 Å². The molecule has 4 heteroatoms. The van der Waals surface area contributed by atoms with Crippen molar-refractivity contribution < 1.29 is 4.79 Å². The van der Waals surface area contributed by atoms with Gasteiger partial charge in [0.05, 0.1) is 6.42 Å². The van der Waals surface area contributed by atoms with Crippen molar-refractivity contribution in [2.45, 2.75) is 26.2 Å². The molecule has 94 valence electrons. The van der Waals surface area contributed by atoms with Gasteiger partial charge in [0, 0.05) is 23.2 Å². The lowest BCUT2D eigenvalue weighted by Gasteiger charge is -2.01. The highest BCUT2D eigenvalue weighted by molar-refractivity contribution is 7.09. The predicted molar refractivity (Wildman–Crippen MR) is 74.7 cm³/mol. The van der Waals surface area contributed by atoms with E-state index in [9.17, 15) is 4.79 Å². The number of nitrogens with two attached hydrogens (primary N) is 1. The number of anilines is 1. The van der Waals surface area contributed by atoms with Gasteiger partial charge in [-0.15, -0.1) is 11.3 Å². The summed E-state index contributed by atoms with van der Waals surface area (Å²) in [6.07, 6.45) is 1.78. The quantitative estimate of drug-likeness (QED) is 0.841. The molecule has 0 atom stereocenters. The number of benzene rings is 1. The molecule has 2 rings (SSSR count). The SMILES string of the molecule is Cc1csc(CC(=O)CCc2ccc(N)cc2)n1. The van der Waals surface area contributed by atoms with Crippen LogP contribution >= 0.6 is 11.3 Å². The Morgan fingerprint density at radius 1 is 1.33 bits per heavy atom. The highest BCUT2D eigenvalue weighted by Crippen LogP contribution is 2.12. The number of thiazole rings is 1. The summed E-state index contributed by atoms with van der Waals surface area (Å²) in [5.74, 6) is 0.237. The fourth-order valence-corrected chi connectivity index (χ4v) is 2.51. The molecule has 0 fully saturated rings. The minimum Gasteiger partial charge on any atom is -0.399 e. The Morgan fingerprint density at radius 3 is 2.67 bits per heavy atom. The first-order valence-corrected chi connectivity index (χ1v) is 6.78. The maximum Gasteiger partial charge on any atom is 0.140 e. The van der Waals surface area contributed by atoms with Crippen LogP contribution in [-0.4, -0.2) is 10.8 Å². The van der Waals surface area contributed by atoms with Crippen molar-refractivity contribution in [3.63, 3.8) is 0 Å². The van der Waals surface area contributed by atoms with Gasteiger partial charge in [-0.05, 0) is 31.0 Å². The third-order valence-corrected chi connectivity index (χ3v) is 3.65. The average molecular weight is 260 g/mol. The van der Waals surface area contributed by atoms with Crippen molar-refractivity contribution in [2.75, 3.05) is 5.73 Å². The smallest absolute Gasteiger partial charge is 0.140 e. The van der Waals surface area contributed by atoms with Gasteiger partial charge < -0.3 is 5.73 Å². The standard InChI is InChI=1S/C14H16N2OS/c1-10-9-18-14(16-10)8-13(17)7-4-11-2-5-12(15)6-3-11/h2-3,5-6,9H,4,7-8,15H2,1H3. The van der Waals surface area contributed by atoms with Gasteiger partial charge in [-0.2, -0.15) is 0 Å². The molecule has 0 bridgehead atoms. The van der Waals surface area contributed by atoms with Gasteiger partial charge >= 0.3 is 0 Å². The Kier molecular flexibility index (Phi) is 4.10. The zero-order valence-corrected chi connectivity index (χ0v) is 11.2. The average Bonchev–Trinajstić information content (AvgIpc) is 2.74. The first-order valence-electron chi connectivity index (χ1n) is 5.90. The monoisotopic (exact) mass is 260 g/mol. The lowest BCUT2D eigenvalue weighted by molar-refractivity contribution is -0.118. The molecule has 0 amide bonds. The highest BCUT2D eigenvalue weighted by Gasteiger charge is 2.07. The zero-order valence-electron chi connectivity index (χ0n) is 10.3. The number of aromatic nitrogens is 1. The summed E-state index contributed by atoms with van der Waals surface area (Å²) in [6.45, 7) is 1.94. The number of nitrogens with zero attached hydrogens (tertiary/aromatic N) is 1. The van der Waals surface area contributed by atoms with Crippen LogP contribution in [0, 0.1) is 6.92 Å². The summed E-state index contributed by atoms with van der Waals surface area (Å²) in [4.78, 5) is 16.1. The van der Waals surface area contributed by atoms with E-state index >= 15 is 0 Å². The van der Waals surface area contributed by atoms with Gasteiger partial charge in [0.25, 0.3) is 0 Å². The van der Waals surface area contributed by atoms with Crippen LogP contribution in [0.3, 0.4) is 0 Å². The molecule has 2 N–H and O–H groups in total. The fraction of sp³-hybridized carbons (Fsp3) is 0.286. The van der Waals surface area contributed by atoms with Crippen molar-refractivity contribution in [1.29, 1.82) is 0 Å². The number of nitrogen functional groups attached to an aromatic ring is 1. The van der Waals surface area contributed by atoms with Crippen LogP contribution in [0.25, 0.3) is 0 Å². The number of ketones is 1. The van der Waals surface area contributed by atoms with Crippen molar-refractivity contribution in [3.05, 3.63) is 45.9 Å². The molecule has 0 radical (unpaired) electrons. The Morgan fingerprint density at radius 2 is 2.06 bits per heavy atom. The lowest BCUT2D eigenvalue weighted by atomic mass is 10.1. The van der Waals surface area contributed by atoms with Crippen LogP contribution in [0.1, 0.15) is 22.7 Å². The lowest BCUT2D eigenvalue weighted by Crippen LogP contribution is -2.04. The summed E-state index contributed by atoms with van der Waals surface area (Å²) in [7, 11) is 0. The van der Waals surface area contributed by atoms with Crippen LogP contribution in [0.15, 0.2) is 29.6 Å². The van der Waals surface area contributed by atoms with Gasteiger partial charge in [0.1, 0.15) is 10.8 Å². The normalized spacial score (nSPS) is 10.5. The topological polar surface area (TPSA) is 56.0 Å². The molecule has 0 saturated carbocycles. The van der Waals surface area contributed by atoms with Gasteiger partial charge in [0.15, 0.2) is 0 Å². The fourth-order valence-electron chi connectivity index (χ4n) is 1.71. The van der Waals surface area contributed by atoms with Gasteiger partial charge in [-0.3, -0.25) is 4.79 Å². The minimum atomic E-state index is 0.237. The molecular formula is C14H16N2OS. The second-order valence-corrected chi connectivity index (χ2v) is 5.28. The van der Waals surface area contributed by atoms with Crippen molar-refractivity contribution in [2.24, 2.45) is 0 Å². The number of hydrogen-bond donors (Lipinski definition) is 1. The molecule has 0 unspecified atom stereocenters. The van der Waals surface area contributed by atoms with Crippen LogP contribution in [0.5, 0.6) is 0 Å². The van der Waals surface area contributed by atoms with E-state index in [2.05, 4.69) is 4.98 Å². The molecule has 0 aliphatic heterocycles. The van der Waals surface area contributed by atoms with Crippen molar-refractivity contribution in [1.82, 2.24) is 4.98 Å². The number of aryl methyl sites for hydroxylation is 2. The Bertz CT molecular complexity index is 531. The van der Waals surface area contributed by atoms with Gasteiger partial charge in [-0.1, -0.05) is 12.1 Å². The molecule has 1 heterocycles. The second kappa shape index (κ2) is 5.78. The van der Waals surface area contributed by atoms with Crippen molar-refractivity contribution in [3.8, 4) is 0 Å². The summed E-state index contributed by atoms with van der Waals surface area (Å²) in [5, 5.41) is 2.89. The Balaban J connectivity index is 1.83. The van der Waals surface area contributed by atoms with Crippen LogP contribution in [-0.2, 0) is 17.6 Å². The Labute approximate surface area is 111 Å². The zero-order chi connectivity index (χ0) is 13.0. The van der Waals surface area contributed by atoms with Crippen LogP contribution < -0.4 is 5.73 Å². The van der Waals surface area contributed by atoms with Crippen molar-refractivity contribution >= 4 is 22.8 Å². The van der Waals surface area contributed by atoms with Gasteiger partial charge in [0.2, 0.25) is 0 Å². The molecule has 0 aliphatic carbocycles. The summed E-state index contributed by atoms with van der Waals surface area (Å²) in [6, 6.07) is 7.67. The number of hydrogen-bond acceptors (Lipinski definition) is 4. The van der Waals surface area contributed by atoms with E-state index in [0.29, 0.717) is 12.8 Å². The first-order chi connectivity index (χ1) is 8.63. The highest BCUT2D eigenvalue weighted by atomic mass is 32.1. The largest absolute Gasteiger partial charge is 0.399 e. The predicted octanol–water partition coefficient (Wildman–Crippen LogP) is 2.78. The summed E-state index contributed by atoms with van der Waals surface area (Å²) >= 11 is 1.55. The maximum atomic E-state index is 11.8. The molecule has 2 aromatic rings. The van der Waals surface area contributed by atoms with Crippen LogP contribution in [0.2, 0.25) is 0 Å². The molecule has 3 nitrogen and oxygen atoms in total. The van der Waals surface area contributed by atoms with Crippen LogP contribution in [0.4, 0.5) is 5.69 Å². The number of carbonyl (C=O) groups is 1. The van der Waals surface area contributed by atoms with E-state index in [4.69, 9.17) is 5.73 Å². The van der Waals surface area contributed by atoms with E-state index in [1.807, 2.05) is 36.6 Å². The second-order valence-electron chi connectivity index (χ2n) is 4.34. The van der Waals surface area contributed by atoms with E-state index in [1.54, 1.807) is 11.3 Å². The molecule has 1 aromatic carbocycles. The summed E-state index contributed by atoms with van der Waals surface area (Å²) in [5.41, 5.74) is 8.50. The number of carbonyl (C=O) groups excluding carboxylic acids is 1. The molecule has 0 saturated heterocycles. The molecule has 0 spiro atoms. The first kappa shape index (κ1) is 12.8. The maximum absolute atomic E-state index is 11.8. The van der Waals surface area contributed by atoms with Gasteiger partial charge in [-0.25, -0.2) is 4.98 Å².